The minimum Gasteiger partial charge on any atom is -0.346 e. The third-order valence-electron chi connectivity index (χ3n) is 5.39. The summed E-state index contributed by atoms with van der Waals surface area (Å²) in [4.78, 5) is 34.4. The summed E-state index contributed by atoms with van der Waals surface area (Å²) in [5, 5.41) is 3.66. The van der Waals surface area contributed by atoms with Crippen molar-refractivity contribution in [3.05, 3.63) is 71.0 Å². The molecule has 0 saturated carbocycles. The van der Waals surface area contributed by atoms with Crippen LogP contribution in [-0.2, 0) is 18.4 Å². The largest absolute Gasteiger partial charge is 0.346 e. The molecule has 4 aromatic rings. The Labute approximate surface area is 174 Å². The molecule has 1 atom stereocenters. The highest BCUT2D eigenvalue weighted by Gasteiger charge is 2.23. The minimum absolute atomic E-state index is 0.124. The molecule has 4 rings (SSSR count). The lowest BCUT2D eigenvalue weighted by molar-refractivity contribution is -0.122. The number of imidazole rings is 1. The van der Waals surface area contributed by atoms with Gasteiger partial charge < -0.3 is 9.88 Å². The number of nitrogens with one attached hydrogen (secondary N) is 1. The van der Waals surface area contributed by atoms with Crippen LogP contribution in [0.3, 0.4) is 0 Å². The van der Waals surface area contributed by atoms with E-state index in [0.717, 1.165) is 16.9 Å². The normalized spacial score (nSPS) is 12.5. The molecule has 7 heteroatoms. The van der Waals surface area contributed by atoms with Crippen LogP contribution in [0, 0.1) is 5.92 Å². The number of nitrogens with zero attached hydrogens (tertiary/aromatic N) is 4. The standard InChI is InChI=1S/C23H25N5O2/c1-15(2)21(22-25-18-10-6-7-11-19(18)27(22)3)26-20(29)12-13-28-14-24-17-9-5-4-8-16(17)23(28)30/h4-11,14-15,21H,12-13H2,1-3H3,(H,26,29)/t21-/m1/s1. The molecule has 2 aromatic heterocycles. The van der Waals surface area contributed by atoms with Crippen LogP contribution in [0.25, 0.3) is 21.9 Å². The van der Waals surface area contributed by atoms with Gasteiger partial charge in [-0.05, 0) is 30.2 Å². The molecular weight excluding hydrogens is 378 g/mol. The van der Waals surface area contributed by atoms with E-state index in [1.54, 1.807) is 12.1 Å². The summed E-state index contributed by atoms with van der Waals surface area (Å²) in [7, 11) is 1.96. The van der Waals surface area contributed by atoms with Crippen LogP contribution in [0.15, 0.2) is 59.7 Å². The molecule has 0 bridgehead atoms. The summed E-state index contributed by atoms with van der Waals surface area (Å²) in [6, 6.07) is 14.9. The number of aryl methyl sites for hydroxylation is 2. The van der Waals surface area contributed by atoms with Crippen molar-refractivity contribution in [2.45, 2.75) is 32.9 Å². The number of para-hydroxylation sites is 3. The molecule has 0 aliphatic rings. The van der Waals surface area contributed by atoms with Crippen LogP contribution < -0.4 is 10.9 Å². The fraction of sp³-hybridized carbons (Fsp3) is 0.304. The predicted octanol–water partition coefficient (Wildman–Crippen LogP) is 3.19. The van der Waals surface area contributed by atoms with Crippen LogP contribution >= 0.6 is 0 Å². The number of aromatic nitrogens is 4. The number of fused-ring (bicyclic) bond motifs is 2. The number of carbonyl (C=O) groups is 1. The topological polar surface area (TPSA) is 81.8 Å². The third-order valence-corrected chi connectivity index (χ3v) is 5.39. The molecule has 0 aliphatic heterocycles. The van der Waals surface area contributed by atoms with E-state index < -0.39 is 0 Å². The van der Waals surface area contributed by atoms with E-state index in [1.807, 2.05) is 48.0 Å². The SMILES string of the molecule is CC(C)[C@@H](NC(=O)CCn1cnc2ccccc2c1=O)c1nc2ccccc2n1C. The zero-order valence-corrected chi connectivity index (χ0v) is 17.4. The molecule has 1 amide bonds. The Hall–Kier alpha value is -3.48. The third kappa shape index (κ3) is 3.70. The molecule has 7 nitrogen and oxygen atoms in total. The van der Waals surface area contributed by atoms with Gasteiger partial charge in [0.05, 0.1) is 34.3 Å². The van der Waals surface area contributed by atoms with Crippen molar-refractivity contribution in [3.8, 4) is 0 Å². The maximum absolute atomic E-state index is 12.7. The fourth-order valence-corrected chi connectivity index (χ4v) is 3.70. The number of amides is 1. The lowest BCUT2D eigenvalue weighted by Gasteiger charge is -2.22. The van der Waals surface area contributed by atoms with Gasteiger partial charge in [-0.2, -0.15) is 0 Å². The van der Waals surface area contributed by atoms with Gasteiger partial charge in [0.15, 0.2) is 0 Å². The Kier molecular flexibility index (Phi) is 5.35. The fourth-order valence-electron chi connectivity index (χ4n) is 3.70. The summed E-state index contributed by atoms with van der Waals surface area (Å²) < 4.78 is 3.51. The molecule has 2 aromatic carbocycles. The summed E-state index contributed by atoms with van der Waals surface area (Å²) >= 11 is 0. The van der Waals surface area contributed by atoms with E-state index in [-0.39, 0.29) is 36.4 Å². The molecular formula is C23H25N5O2. The molecule has 0 unspecified atom stereocenters. The van der Waals surface area contributed by atoms with Crippen LogP contribution in [0.1, 0.15) is 32.1 Å². The number of hydrogen-bond donors (Lipinski definition) is 1. The Morgan fingerprint density at radius 3 is 2.50 bits per heavy atom. The second-order valence-corrected chi connectivity index (χ2v) is 7.82. The van der Waals surface area contributed by atoms with Gasteiger partial charge in [-0.3, -0.25) is 14.2 Å². The van der Waals surface area contributed by atoms with Crippen molar-refractivity contribution >= 4 is 27.8 Å². The Morgan fingerprint density at radius 2 is 1.77 bits per heavy atom. The van der Waals surface area contributed by atoms with E-state index in [0.29, 0.717) is 10.9 Å². The Morgan fingerprint density at radius 1 is 1.07 bits per heavy atom. The molecule has 0 aliphatic carbocycles. The maximum Gasteiger partial charge on any atom is 0.261 e. The molecule has 154 valence electrons. The van der Waals surface area contributed by atoms with Gasteiger partial charge in [0.25, 0.3) is 5.56 Å². The number of carbonyl (C=O) groups excluding carboxylic acids is 1. The number of benzene rings is 2. The van der Waals surface area contributed by atoms with Gasteiger partial charge in [-0.25, -0.2) is 9.97 Å². The minimum atomic E-state index is -0.221. The molecule has 1 N–H and O–H groups in total. The van der Waals surface area contributed by atoms with Crippen molar-refractivity contribution in [2.24, 2.45) is 13.0 Å². The first-order valence-electron chi connectivity index (χ1n) is 10.1. The van der Waals surface area contributed by atoms with Crippen LogP contribution in [0.2, 0.25) is 0 Å². The van der Waals surface area contributed by atoms with Gasteiger partial charge >= 0.3 is 0 Å². The summed E-state index contributed by atoms with van der Waals surface area (Å²) in [5.74, 6) is 0.861. The smallest absolute Gasteiger partial charge is 0.261 e. The molecule has 2 heterocycles. The monoisotopic (exact) mass is 403 g/mol. The molecule has 0 saturated heterocycles. The van der Waals surface area contributed by atoms with E-state index in [1.165, 1.54) is 10.9 Å². The molecule has 0 fully saturated rings. The van der Waals surface area contributed by atoms with Crippen molar-refractivity contribution in [1.29, 1.82) is 0 Å². The first kappa shape index (κ1) is 19.8. The highest BCUT2D eigenvalue weighted by Crippen LogP contribution is 2.24. The van der Waals surface area contributed by atoms with Crippen molar-refractivity contribution in [2.75, 3.05) is 0 Å². The zero-order chi connectivity index (χ0) is 21.3. The highest BCUT2D eigenvalue weighted by atomic mass is 16.2. The lowest BCUT2D eigenvalue weighted by Crippen LogP contribution is -2.34. The van der Waals surface area contributed by atoms with Gasteiger partial charge in [-0.1, -0.05) is 38.1 Å². The first-order valence-corrected chi connectivity index (χ1v) is 10.1. The van der Waals surface area contributed by atoms with E-state index in [4.69, 9.17) is 4.98 Å². The van der Waals surface area contributed by atoms with Crippen LogP contribution in [0.4, 0.5) is 0 Å². The zero-order valence-electron chi connectivity index (χ0n) is 17.4. The average molecular weight is 403 g/mol. The number of hydrogen-bond acceptors (Lipinski definition) is 4. The molecule has 30 heavy (non-hydrogen) atoms. The average Bonchev–Trinajstić information content (AvgIpc) is 3.08. The molecule has 0 spiro atoms. The quantitative estimate of drug-likeness (QED) is 0.536. The second kappa shape index (κ2) is 8.10. The van der Waals surface area contributed by atoms with Crippen LogP contribution in [0.5, 0.6) is 0 Å². The van der Waals surface area contributed by atoms with Crippen molar-refractivity contribution in [3.63, 3.8) is 0 Å². The Balaban J connectivity index is 1.51. The van der Waals surface area contributed by atoms with E-state index >= 15 is 0 Å². The number of rotatable bonds is 6. The van der Waals surface area contributed by atoms with E-state index in [2.05, 4.69) is 24.1 Å². The van der Waals surface area contributed by atoms with Crippen molar-refractivity contribution in [1.82, 2.24) is 24.4 Å². The second-order valence-electron chi connectivity index (χ2n) is 7.82. The lowest BCUT2D eigenvalue weighted by atomic mass is 10.0. The van der Waals surface area contributed by atoms with Gasteiger partial charge in [0.1, 0.15) is 5.82 Å². The Bertz CT molecular complexity index is 1270. The highest BCUT2D eigenvalue weighted by molar-refractivity contribution is 5.79. The van der Waals surface area contributed by atoms with Gasteiger partial charge in [0, 0.05) is 20.0 Å². The molecule has 0 radical (unpaired) electrons. The van der Waals surface area contributed by atoms with Gasteiger partial charge in [-0.15, -0.1) is 0 Å². The van der Waals surface area contributed by atoms with E-state index in [9.17, 15) is 9.59 Å². The van der Waals surface area contributed by atoms with Crippen LogP contribution in [-0.4, -0.2) is 25.0 Å². The van der Waals surface area contributed by atoms with Gasteiger partial charge in [0.2, 0.25) is 5.91 Å². The first-order chi connectivity index (χ1) is 14.5. The predicted molar refractivity (Wildman–Crippen MR) is 117 cm³/mol. The van der Waals surface area contributed by atoms with Crippen molar-refractivity contribution < 1.29 is 4.79 Å². The summed E-state index contributed by atoms with van der Waals surface area (Å²) in [6.07, 6.45) is 1.69. The summed E-state index contributed by atoms with van der Waals surface area (Å²) in [5.41, 5.74) is 2.46. The summed E-state index contributed by atoms with van der Waals surface area (Å²) in [6.45, 7) is 4.39. The maximum atomic E-state index is 12.7.